The van der Waals surface area contributed by atoms with Gasteiger partial charge in [0.2, 0.25) is 5.91 Å². The lowest BCUT2D eigenvalue weighted by Crippen LogP contribution is -2.41. The molecule has 2 N–H and O–H groups in total. The standard InChI is InChI=1S/C16H25NO3/c1-11-6-8-12(9-7-11)10-17-15(18)13-4-2-3-5-14(13)16(19)20/h2-3,11-14H,4-10H2,1H3,(H,17,18)(H,19,20). The van der Waals surface area contributed by atoms with Gasteiger partial charge in [0.25, 0.3) is 0 Å². The normalized spacial score (nSPS) is 33.6. The monoisotopic (exact) mass is 279 g/mol. The van der Waals surface area contributed by atoms with Gasteiger partial charge in [-0.15, -0.1) is 0 Å². The molecule has 20 heavy (non-hydrogen) atoms. The molecule has 1 amide bonds. The fraction of sp³-hybridized carbons (Fsp3) is 0.750. The summed E-state index contributed by atoms with van der Waals surface area (Å²) in [7, 11) is 0. The number of amides is 1. The highest BCUT2D eigenvalue weighted by molar-refractivity contribution is 5.85. The Bertz CT molecular complexity index is 383. The van der Waals surface area contributed by atoms with Crippen LogP contribution in [0.2, 0.25) is 0 Å². The van der Waals surface area contributed by atoms with E-state index in [9.17, 15) is 14.7 Å². The fourth-order valence-corrected chi connectivity index (χ4v) is 3.29. The van der Waals surface area contributed by atoms with Gasteiger partial charge in [-0.3, -0.25) is 9.59 Å². The SMILES string of the molecule is CC1CCC(CNC(=O)C2CC=CCC2C(=O)O)CC1. The number of carboxylic acids is 1. The lowest BCUT2D eigenvalue weighted by atomic mass is 9.81. The Balaban J connectivity index is 1.81. The Morgan fingerprint density at radius 2 is 1.70 bits per heavy atom. The first-order chi connectivity index (χ1) is 9.58. The van der Waals surface area contributed by atoms with Crippen molar-refractivity contribution in [2.24, 2.45) is 23.7 Å². The molecule has 0 saturated heterocycles. The number of carboxylic acid groups (broad SMARTS) is 1. The van der Waals surface area contributed by atoms with Gasteiger partial charge in [-0.1, -0.05) is 31.9 Å². The number of hydrogen-bond donors (Lipinski definition) is 2. The summed E-state index contributed by atoms with van der Waals surface area (Å²) in [5.74, 6) is -0.535. The Morgan fingerprint density at radius 1 is 1.10 bits per heavy atom. The van der Waals surface area contributed by atoms with E-state index in [1.807, 2.05) is 12.2 Å². The minimum Gasteiger partial charge on any atom is -0.481 e. The molecule has 0 aromatic carbocycles. The molecule has 0 heterocycles. The summed E-state index contributed by atoms with van der Waals surface area (Å²) in [6, 6.07) is 0. The van der Waals surface area contributed by atoms with Crippen molar-refractivity contribution in [1.82, 2.24) is 5.32 Å². The van der Waals surface area contributed by atoms with E-state index in [0.29, 0.717) is 25.3 Å². The third-order valence-electron chi connectivity index (χ3n) is 4.79. The molecule has 4 nitrogen and oxygen atoms in total. The minimum atomic E-state index is -0.860. The zero-order valence-corrected chi connectivity index (χ0v) is 12.2. The predicted molar refractivity (Wildman–Crippen MR) is 77.1 cm³/mol. The predicted octanol–water partition coefficient (Wildman–Crippen LogP) is 2.60. The Labute approximate surface area is 120 Å². The maximum atomic E-state index is 12.2. The summed E-state index contributed by atoms with van der Waals surface area (Å²) in [6.45, 7) is 2.98. The zero-order valence-electron chi connectivity index (χ0n) is 12.2. The molecular formula is C16H25NO3. The molecular weight excluding hydrogens is 254 g/mol. The van der Waals surface area contributed by atoms with E-state index in [2.05, 4.69) is 12.2 Å². The summed E-state index contributed by atoms with van der Waals surface area (Å²) in [4.78, 5) is 23.4. The fourth-order valence-electron chi connectivity index (χ4n) is 3.29. The summed E-state index contributed by atoms with van der Waals surface area (Å²) in [5, 5.41) is 12.2. The van der Waals surface area contributed by atoms with Crippen molar-refractivity contribution in [3.05, 3.63) is 12.2 Å². The molecule has 2 aliphatic rings. The Hall–Kier alpha value is -1.32. The molecule has 0 spiro atoms. The summed E-state index contributed by atoms with van der Waals surface area (Å²) >= 11 is 0. The molecule has 1 saturated carbocycles. The molecule has 0 radical (unpaired) electrons. The molecule has 2 atom stereocenters. The second kappa shape index (κ2) is 6.91. The van der Waals surface area contributed by atoms with Gasteiger partial charge in [-0.05, 0) is 37.5 Å². The van der Waals surface area contributed by atoms with Crippen LogP contribution in [0.25, 0.3) is 0 Å². The topological polar surface area (TPSA) is 66.4 Å². The zero-order chi connectivity index (χ0) is 14.5. The van der Waals surface area contributed by atoms with Crippen molar-refractivity contribution < 1.29 is 14.7 Å². The number of allylic oxidation sites excluding steroid dienone is 2. The molecule has 2 aliphatic carbocycles. The van der Waals surface area contributed by atoms with E-state index in [1.54, 1.807) is 0 Å². The summed E-state index contributed by atoms with van der Waals surface area (Å²) in [5.41, 5.74) is 0. The lowest BCUT2D eigenvalue weighted by molar-refractivity contribution is -0.147. The van der Waals surface area contributed by atoms with Crippen molar-refractivity contribution in [3.8, 4) is 0 Å². The molecule has 0 bridgehead atoms. The van der Waals surface area contributed by atoms with Gasteiger partial charge in [0.1, 0.15) is 0 Å². The van der Waals surface area contributed by atoms with Gasteiger partial charge in [-0.2, -0.15) is 0 Å². The molecule has 0 aromatic heterocycles. The van der Waals surface area contributed by atoms with Crippen molar-refractivity contribution in [1.29, 1.82) is 0 Å². The van der Waals surface area contributed by atoms with Gasteiger partial charge >= 0.3 is 5.97 Å². The van der Waals surface area contributed by atoms with Crippen LogP contribution >= 0.6 is 0 Å². The number of hydrogen-bond acceptors (Lipinski definition) is 2. The third kappa shape index (κ3) is 3.84. The van der Waals surface area contributed by atoms with Gasteiger partial charge < -0.3 is 10.4 Å². The summed E-state index contributed by atoms with van der Waals surface area (Å²) < 4.78 is 0. The van der Waals surface area contributed by atoms with Crippen LogP contribution in [0.3, 0.4) is 0 Å². The highest BCUT2D eigenvalue weighted by Gasteiger charge is 2.34. The van der Waals surface area contributed by atoms with E-state index < -0.39 is 17.8 Å². The van der Waals surface area contributed by atoms with Crippen LogP contribution in [0.15, 0.2) is 12.2 Å². The molecule has 2 rings (SSSR count). The van der Waals surface area contributed by atoms with Crippen molar-refractivity contribution in [2.45, 2.75) is 45.4 Å². The van der Waals surface area contributed by atoms with Crippen LogP contribution in [-0.2, 0) is 9.59 Å². The minimum absolute atomic E-state index is 0.0830. The Kier molecular flexibility index (Phi) is 5.21. The van der Waals surface area contributed by atoms with Gasteiger partial charge in [0.05, 0.1) is 11.8 Å². The quantitative estimate of drug-likeness (QED) is 0.777. The molecule has 0 aromatic rings. The summed E-state index contributed by atoms with van der Waals surface area (Å²) in [6.07, 6.45) is 9.63. The number of carbonyl (C=O) groups excluding carboxylic acids is 1. The van der Waals surface area contributed by atoms with Crippen molar-refractivity contribution >= 4 is 11.9 Å². The van der Waals surface area contributed by atoms with E-state index in [1.165, 1.54) is 25.7 Å². The average molecular weight is 279 g/mol. The maximum Gasteiger partial charge on any atom is 0.307 e. The van der Waals surface area contributed by atoms with Gasteiger partial charge in [0.15, 0.2) is 0 Å². The largest absolute Gasteiger partial charge is 0.481 e. The molecule has 0 aliphatic heterocycles. The van der Waals surface area contributed by atoms with Crippen LogP contribution < -0.4 is 5.32 Å². The van der Waals surface area contributed by atoms with Gasteiger partial charge in [0, 0.05) is 6.54 Å². The highest BCUT2D eigenvalue weighted by Crippen LogP contribution is 2.29. The van der Waals surface area contributed by atoms with Crippen LogP contribution in [0, 0.1) is 23.7 Å². The van der Waals surface area contributed by atoms with Crippen LogP contribution in [0.5, 0.6) is 0 Å². The first-order valence-corrected chi connectivity index (χ1v) is 7.73. The van der Waals surface area contributed by atoms with E-state index in [4.69, 9.17) is 0 Å². The van der Waals surface area contributed by atoms with E-state index in [-0.39, 0.29) is 5.91 Å². The number of aliphatic carboxylic acids is 1. The molecule has 4 heteroatoms. The van der Waals surface area contributed by atoms with Crippen molar-refractivity contribution in [2.75, 3.05) is 6.54 Å². The van der Waals surface area contributed by atoms with Crippen molar-refractivity contribution in [3.63, 3.8) is 0 Å². The van der Waals surface area contributed by atoms with E-state index >= 15 is 0 Å². The lowest BCUT2D eigenvalue weighted by Gasteiger charge is -2.28. The molecule has 1 fully saturated rings. The second-order valence-corrected chi connectivity index (χ2v) is 6.37. The van der Waals surface area contributed by atoms with Crippen LogP contribution in [0.1, 0.15) is 45.4 Å². The Morgan fingerprint density at radius 3 is 2.30 bits per heavy atom. The highest BCUT2D eigenvalue weighted by atomic mass is 16.4. The average Bonchev–Trinajstić information content (AvgIpc) is 2.46. The number of carbonyl (C=O) groups is 2. The smallest absolute Gasteiger partial charge is 0.307 e. The number of rotatable bonds is 4. The van der Waals surface area contributed by atoms with Gasteiger partial charge in [-0.25, -0.2) is 0 Å². The maximum absolute atomic E-state index is 12.2. The first kappa shape index (κ1) is 15.1. The second-order valence-electron chi connectivity index (χ2n) is 6.37. The van der Waals surface area contributed by atoms with Crippen LogP contribution in [0.4, 0.5) is 0 Å². The van der Waals surface area contributed by atoms with E-state index in [0.717, 1.165) is 5.92 Å². The van der Waals surface area contributed by atoms with Crippen LogP contribution in [-0.4, -0.2) is 23.5 Å². The first-order valence-electron chi connectivity index (χ1n) is 7.73. The molecule has 2 unspecified atom stereocenters. The molecule has 112 valence electrons. The third-order valence-corrected chi connectivity index (χ3v) is 4.79. The number of nitrogens with one attached hydrogen (secondary N) is 1.